The van der Waals surface area contributed by atoms with Crippen molar-refractivity contribution in [2.75, 3.05) is 0 Å². The fraction of sp³-hybridized carbons (Fsp3) is 0.429. The molecule has 1 heterocycles. The van der Waals surface area contributed by atoms with E-state index in [1.54, 1.807) is 18.2 Å². The van der Waals surface area contributed by atoms with Gasteiger partial charge in [-0.15, -0.1) is 10.2 Å². The molecule has 1 aromatic heterocycles. The van der Waals surface area contributed by atoms with Crippen LogP contribution < -0.4 is 0 Å². The van der Waals surface area contributed by atoms with Crippen molar-refractivity contribution in [3.63, 3.8) is 0 Å². The Morgan fingerprint density at radius 1 is 1.20 bits per heavy atom. The summed E-state index contributed by atoms with van der Waals surface area (Å²) in [5.41, 5.74) is 1.13. The molecule has 1 aliphatic carbocycles. The van der Waals surface area contributed by atoms with E-state index in [0.29, 0.717) is 17.0 Å². The van der Waals surface area contributed by atoms with Gasteiger partial charge in [0.2, 0.25) is 5.82 Å². The molecule has 2 aromatic rings. The molecule has 0 amide bonds. The lowest BCUT2D eigenvalue weighted by molar-refractivity contribution is 0.0212. The number of nitrogens with one attached hydrogen (secondary N) is 1. The van der Waals surface area contributed by atoms with Crippen LogP contribution in [0.25, 0.3) is 11.4 Å². The maximum absolute atomic E-state index is 12.3. The molecule has 6 heteroatoms. The zero-order chi connectivity index (χ0) is 13.8. The summed E-state index contributed by atoms with van der Waals surface area (Å²) < 4.78 is 5.59. The Labute approximate surface area is 116 Å². The Balaban J connectivity index is 1.81. The minimum atomic E-state index is -0.308. The van der Waals surface area contributed by atoms with Crippen molar-refractivity contribution in [2.45, 2.75) is 38.2 Å². The number of nitrogens with zero attached hydrogens (tertiary/aromatic N) is 3. The zero-order valence-corrected chi connectivity index (χ0v) is 11.1. The fourth-order valence-electron chi connectivity index (χ4n) is 2.53. The predicted octanol–water partition coefficient (Wildman–Crippen LogP) is 2.36. The van der Waals surface area contributed by atoms with Crippen molar-refractivity contribution in [3.05, 3.63) is 29.8 Å². The van der Waals surface area contributed by atoms with Crippen molar-refractivity contribution in [1.29, 1.82) is 0 Å². The van der Waals surface area contributed by atoms with Gasteiger partial charge in [0, 0.05) is 5.56 Å². The second kappa shape index (κ2) is 5.81. The van der Waals surface area contributed by atoms with Gasteiger partial charge in [0.05, 0.1) is 5.56 Å². The Bertz CT molecular complexity index is 577. The van der Waals surface area contributed by atoms with Crippen LogP contribution in [0.15, 0.2) is 24.3 Å². The number of ether oxygens (including phenoxy) is 1. The van der Waals surface area contributed by atoms with Crippen LogP contribution in [0.3, 0.4) is 0 Å². The summed E-state index contributed by atoms with van der Waals surface area (Å²) in [5.74, 6) is 0.0958. The maximum atomic E-state index is 12.3. The molecule has 0 spiro atoms. The minimum absolute atomic E-state index is 0.0366. The number of tetrazole rings is 1. The first-order chi connectivity index (χ1) is 9.84. The van der Waals surface area contributed by atoms with Crippen LogP contribution in [0.1, 0.15) is 42.5 Å². The maximum Gasteiger partial charge on any atom is 0.339 e. The number of aromatic amines is 1. The summed E-state index contributed by atoms with van der Waals surface area (Å²) in [6.07, 6.45) is 5.43. The third kappa shape index (κ3) is 2.68. The van der Waals surface area contributed by atoms with Gasteiger partial charge in [0.25, 0.3) is 0 Å². The van der Waals surface area contributed by atoms with E-state index in [1.165, 1.54) is 6.42 Å². The average molecular weight is 272 g/mol. The minimum Gasteiger partial charge on any atom is -0.459 e. The van der Waals surface area contributed by atoms with Crippen LogP contribution in [-0.2, 0) is 4.74 Å². The summed E-state index contributed by atoms with van der Waals surface area (Å²) in [5, 5.41) is 13.8. The highest BCUT2D eigenvalue weighted by Crippen LogP contribution is 2.24. The smallest absolute Gasteiger partial charge is 0.339 e. The number of hydrogen-bond acceptors (Lipinski definition) is 5. The van der Waals surface area contributed by atoms with E-state index in [2.05, 4.69) is 20.6 Å². The van der Waals surface area contributed by atoms with Gasteiger partial charge < -0.3 is 4.74 Å². The molecule has 0 unspecified atom stereocenters. The highest BCUT2D eigenvalue weighted by atomic mass is 16.5. The molecule has 3 rings (SSSR count). The van der Waals surface area contributed by atoms with Crippen LogP contribution in [0.4, 0.5) is 0 Å². The molecule has 1 aliphatic rings. The summed E-state index contributed by atoms with van der Waals surface area (Å²) in [6.45, 7) is 0. The first-order valence-electron chi connectivity index (χ1n) is 6.88. The van der Waals surface area contributed by atoms with Crippen LogP contribution in [0.5, 0.6) is 0 Å². The van der Waals surface area contributed by atoms with Gasteiger partial charge in [-0.05, 0) is 37.0 Å². The van der Waals surface area contributed by atoms with Crippen LogP contribution in [0.2, 0.25) is 0 Å². The molecule has 0 aliphatic heterocycles. The summed E-state index contributed by atoms with van der Waals surface area (Å²) in [6, 6.07) is 7.17. The summed E-state index contributed by atoms with van der Waals surface area (Å²) >= 11 is 0. The molecule has 0 radical (unpaired) electrons. The number of rotatable bonds is 3. The SMILES string of the molecule is O=C(OC1CCCCC1)c1ccccc1-c1nn[nH]n1. The van der Waals surface area contributed by atoms with Crippen LogP contribution in [0, 0.1) is 0 Å². The molecule has 104 valence electrons. The third-order valence-electron chi connectivity index (χ3n) is 3.56. The topological polar surface area (TPSA) is 80.8 Å². The second-order valence-electron chi connectivity index (χ2n) is 4.95. The normalized spacial score (nSPS) is 16.0. The average Bonchev–Trinajstić information content (AvgIpc) is 3.02. The monoisotopic (exact) mass is 272 g/mol. The molecule has 1 saturated carbocycles. The lowest BCUT2D eigenvalue weighted by atomic mass is 9.97. The molecule has 1 fully saturated rings. The van der Waals surface area contributed by atoms with Crippen LogP contribution >= 0.6 is 0 Å². The highest BCUT2D eigenvalue weighted by molar-refractivity contribution is 5.96. The van der Waals surface area contributed by atoms with E-state index in [9.17, 15) is 4.79 Å². The van der Waals surface area contributed by atoms with E-state index < -0.39 is 0 Å². The number of carbonyl (C=O) groups excluding carboxylic acids is 1. The van der Waals surface area contributed by atoms with Gasteiger partial charge in [-0.2, -0.15) is 5.21 Å². The van der Waals surface area contributed by atoms with Gasteiger partial charge in [0.1, 0.15) is 6.10 Å². The fourth-order valence-corrected chi connectivity index (χ4v) is 2.53. The standard InChI is InChI=1S/C14H16N4O2/c19-14(20-10-6-2-1-3-7-10)12-9-5-4-8-11(12)13-15-17-18-16-13/h4-5,8-10H,1-3,6-7H2,(H,15,16,17,18). The van der Waals surface area contributed by atoms with Gasteiger partial charge >= 0.3 is 5.97 Å². The van der Waals surface area contributed by atoms with E-state index in [4.69, 9.17) is 4.74 Å². The van der Waals surface area contributed by atoms with Crippen molar-refractivity contribution in [1.82, 2.24) is 20.6 Å². The number of esters is 1. The number of aromatic nitrogens is 4. The number of hydrogen-bond donors (Lipinski definition) is 1. The quantitative estimate of drug-likeness (QED) is 0.867. The molecule has 1 aromatic carbocycles. The molecule has 6 nitrogen and oxygen atoms in total. The van der Waals surface area contributed by atoms with E-state index in [-0.39, 0.29) is 12.1 Å². The second-order valence-corrected chi connectivity index (χ2v) is 4.95. The summed E-state index contributed by atoms with van der Waals surface area (Å²) in [4.78, 5) is 12.3. The molecule has 0 atom stereocenters. The molecular weight excluding hydrogens is 256 g/mol. The molecule has 0 bridgehead atoms. The van der Waals surface area contributed by atoms with E-state index in [0.717, 1.165) is 25.7 Å². The molecule has 20 heavy (non-hydrogen) atoms. The molecule has 0 saturated heterocycles. The predicted molar refractivity (Wildman–Crippen MR) is 71.9 cm³/mol. The summed E-state index contributed by atoms with van der Waals surface area (Å²) in [7, 11) is 0. The first kappa shape index (κ1) is 12.8. The third-order valence-corrected chi connectivity index (χ3v) is 3.56. The van der Waals surface area contributed by atoms with Crippen molar-refractivity contribution in [3.8, 4) is 11.4 Å². The van der Waals surface area contributed by atoms with Crippen molar-refractivity contribution in [2.24, 2.45) is 0 Å². The first-order valence-corrected chi connectivity index (χ1v) is 6.88. The Hall–Kier alpha value is -2.24. The molecule has 1 N–H and O–H groups in total. The molecular formula is C14H16N4O2. The lowest BCUT2D eigenvalue weighted by Crippen LogP contribution is -2.21. The van der Waals surface area contributed by atoms with Gasteiger partial charge in [0.15, 0.2) is 0 Å². The van der Waals surface area contributed by atoms with Crippen molar-refractivity contribution < 1.29 is 9.53 Å². The largest absolute Gasteiger partial charge is 0.459 e. The van der Waals surface area contributed by atoms with E-state index in [1.807, 2.05) is 6.07 Å². The van der Waals surface area contributed by atoms with Gasteiger partial charge in [-0.3, -0.25) is 0 Å². The van der Waals surface area contributed by atoms with E-state index >= 15 is 0 Å². The number of benzene rings is 1. The Kier molecular flexibility index (Phi) is 3.71. The van der Waals surface area contributed by atoms with Gasteiger partial charge in [-0.25, -0.2) is 4.79 Å². The Morgan fingerprint density at radius 2 is 2.00 bits per heavy atom. The number of H-pyrrole nitrogens is 1. The van der Waals surface area contributed by atoms with Crippen molar-refractivity contribution >= 4 is 5.97 Å². The van der Waals surface area contributed by atoms with Gasteiger partial charge in [-0.1, -0.05) is 24.6 Å². The number of carbonyl (C=O) groups is 1. The zero-order valence-electron chi connectivity index (χ0n) is 11.1. The lowest BCUT2D eigenvalue weighted by Gasteiger charge is -2.22. The highest BCUT2D eigenvalue weighted by Gasteiger charge is 2.21. The Morgan fingerprint density at radius 3 is 2.75 bits per heavy atom. The van der Waals surface area contributed by atoms with Crippen LogP contribution in [-0.4, -0.2) is 32.7 Å².